The minimum atomic E-state index is -0.826. The van der Waals surface area contributed by atoms with Crippen molar-refractivity contribution in [3.05, 3.63) is 69.7 Å². The predicted octanol–water partition coefficient (Wildman–Crippen LogP) is 3.60. The van der Waals surface area contributed by atoms with E-state index in [9.17, 15) is 14.4 Å². The highest BCUT2D eigenvalue weighted by Gasteiger charge is 2.27. The van der Waals surface area contributed by atoms with Gasteiger partial charge >= 0.3 is 0 Å². The van der Waals surface area contributed by atoms with Gasteiger partial charge in [-0.2, -0.15) is 0 Å². The largest absolute Gasteiger partial charge is 0.340 e. The molecule has 6 nitrogen and oxygen atoms in total. The van der Waals surface area contributed by atoms with E-state index in [1.807, 2.05) is 13.8 Å². The van der Waals surface area contributed by atoms with Crippen molar-refractivity contribution < 1.29 is 14.4 Å². The molecule has 0 radical (unpaired) electrons. The second kappa shape index (κ2) is 10.1. The van der Waals surface area contributed by atoms with Gasteiger partial charge < -0.3 is 5.32 Å². The van der Waals surface area contributed by atoms with Gasteiger partial charge in [0, 0.05) is 10.6 Å². The van der Waals surface area contributed by atoms with E-state index in [0.717, 1.165) is 0 Å². The summed E-state index contributed by atoms with van der Waals surface area (Å²) in [6, 6.07) is 12.2. The predicted molar refractivity (Wildman–Crippen MR) is 109 cm³/mol. The lowest BCUT2D eigenvalue weighted by molar-refractivity contribution is -0.124. The molecule has 3 N–H and O–H groups in total. The van der Waals surface area contributed by atoms with Crippen molar-refractivity contribution in [1.82, 2.24) is 16.2 Å². The number of carbonyl (C=O) groups is 3. The van der Waals surface area contributed by atoms with Crippen molar-refractivity contribution >= 4 is 40.9 Å². The molecule has 28 heavy (non-hydrogen) atoms. The van der Waals surface area contributed by atoms with E-state index in [2.05, 4.69) is 16.2 Å². The fourth-order valence-electron chi connectivity index (χ4n) is 2.45. The van der Waals surface area contributed by atoms with Gasteiger partial charge in [-0.05, 0) is 36.2 Å². The van der Waals surface area contributed by atoms with Crippen molar-refractivity contribution in [2.75, 3.05) is 0 Å². The first kappa shape index (κ1) is 21.7. The summed E-state index contributed by atoms with van der Waals surface area (Å²) < 4.78 is 0. The SMILES string of the molecule is CC[C@H](C)[C@@H](NC(=O)c1ccccc1)C(=O)NNC(=O)c1cc(Cl)ccc1Cl. The molecule has 0 fully saturated rings. The topological polar surface area (TPSA) is 87.3 Å². The molecule has 2 aromatic rings. The Balaban J connectivity index is 2.05. The van der Waals surface area contributed by atoms with Crippen LogP contribution in [0.4, 0.5) is 0 Å². The van der Waals surface area contributed by atoms with Crippen LogP contribution >= 0.6 is 23.2 Å². The first-order chi connectivity index (χ1) is 13.3. The molecule has 0 spiro atoms. The Labute approximate surface area is 173 Å². The summed E-state index contributed by atoms with van der Waals surface area (Å²) in [7, 11) is 0. The minimum absolute atomic E-state index is 0.128. The van der Waals surface area contributed by atoms with Crippen molar-refractivity contribution in [3.63, 3.8) is 0 Å². The van der Waals surface area contributed by atoms with Crippen LogP contribution in [0.25, 0.3) is 0 Å². The van der Waals surface area contributed by atoms with E-state index in [0.29, 0.717) is 17.0 Å². The van der Waals surface area contributed by atoms with E-state index in [1.54, 1.807) is 36.4 Å². The summed E-state index contributed by atoms with van der Waals surface area (Å²) >= 11 is 11.9. The molecule has 0 aliphatic heterocycles. The van der Waals surface area contributed by atoms with Crippen LogP contribution < -0.4 is 16.2 Å². The quantitative estimate of drug-likeness (QED) is 0.622. The highest BCUT2D eigenvalue weighted by atomic mass is 35.5. The lowest BCUT2D eigenvalue weighted by atomic mass is 9.98. The molecule has 0 aliphatic carbocycles. The number of carbonyl (C=O) groups excluding carboxylic acids is 3. The van der Waals surface area contributed by atoms with Crippen molar-refractivity contribution in [3.8, 4) is 0 Å². The molecule has 2 rings (SSSR count). The van der Waals surface area contributed by atoms with E-state index in [4.69, 9.17) is 23.2 Å². The molecule has 3 amide bonds. The van der Waals surface area contributed by atoms with E-state index >= 15 is 0 Å². The smallest absolute Gasteiger partial charge is 0.271 e. The fraction of sp³-hybridized carbons (Fsp3) is 0.250. The fourth-order valence-corrected chi connectivity index (χ4v) is 2.83. The number of hydrogen-bond acceptors (Lipinski definition) is 3. The first-order valence-corrected chi connectivity index (χ1v) is 9.50. The maximum Gasteiger partial charge on any atom is 0.271 e. The summed E-state index contributed by atoms with van der Waals surface area (Å²) in [6.45, 7) is 3.75. The van der Waals surface area contributed by atoms with Gasteiger partial charge in [0.1, 0.15) is 6.04 Å². The molecule has 0 heterocycles. The van der Waals surface area contributed by atoms with Crippen LogP contribution in [0.3, 0.4) is 0 Å². The normalized spacial score (nSPS) is 12.6. The van der Waals surface area contributed by atoms with E-state index in [-0.39, 0.29) is 22.4 Å². The number of benzene rings is 2. The van der Waals surface area contributed by atoms with Crippen LogP contribution in [0.2, 0.25) is 10.0 Å². The van der Waals surface area contributed by atoms with E-state index in [1.165, 1.54) is 12.1 Å². The first-order valence-electron chi connectivity index (χ1n) is 8.74. The van der Waals surface area contributed by atoms with Crippen molar-refractivity contribution in [2.45, 2.75) is 26.3 Å². The Morgan fingerprint density at radius 1 is 0.964 bits per heavy atom. The van der Waals surface area contributed by atoms with Crippen LogP contribution in [-0.4, -0.2) is 23.8 Å². The highest BCUT2D eigenvalue weighted by molar-refractivity contribution is 6.35. The van der Waals surface area contributed by atoms with Gasteiger partial charge in [0.15, 0.2) is 0 Å². The molecule has 0 unspecified atom stereocenters. The van der Waals surface area contributed by atoms with Crippen molar-refractivity contribution in [2.24, 2.45) is 5.92 Å². The van der Waals surface area contributed by atoms with Gasteiger partial charge in [0.2, 0.25) is 0 Å². The molecule has 148 valence electrons. The zero-order valence-electron chi connectivity index (χ0n) is 15.5. The minimum Gasteiger partial charge on any atom is -0.340 e. The number of rotatable bonds is 6. The number of hydrazine groups is 1. The monoisotopic (exact) mass is 421 g/mol. The number of amides is 3. The van der Waals surface area contributed by atoms with Crippen LogP contribution in [-0.2, 0) is 4.79 Å². The maximum atomic E-state index is 12.6. The zero-order valence-corrected chi connectivity index (χ0v) is 17.0. The molecule has 2 atom stereocenters. The number of hydrogen-bond donors (Lipinski definition) is 3. The molecule has 0 saturated carbocycles. The Hall–Kier alpha value is -2.57. The molecule has 0 aliphatic rings. The average Bonchev–Trinajstić information content (AvgIpc) is 2.71. The lowest BCUT2D eigenvalue weighted by Crippen LogP contribution is -2.54. The molecular formula is C20H21Cl2N3O3. The summed E-state index contributed by atoms with van der Waals surface area (Å²) in [4.78, 5) is 37.3. The average molecular weight is 422 g/mol. The summed E-state index contributed by atoms with van der Waals surface area (Å²) in [5.74, 6) is -1.67. The van der Waals surface area contributed by atoms with Gasteiger partial charge in [-0.1, -0.05) is 61.7 Å². The van der Waals surface area contributed by atoms with Crippen molar-refractivity contribution in [1.29, 1.82) is 0 Å². The van der Waals surface area contributed by atoms with Crippen LogP contribution in [0, 0.1) is 5.92 Å². The third kappa shape index (κ3) is 5.71. The Bertz CT molecular complexity index is 859. The number of nitrogens with one attached hydrogen (secondary N) is 3. The molecule has 0 saturated heterocycles. The highest BCUT2D eigenvalue weighted by Crippen LogP contribution is 2.20. The lowest BCUT2D eigenvalue weighted by Gasteiger charge is -2.23. The van der Waals surface area contributed by atoms with E-state index < -0.39 is 17.9 Å². The van der Waals surface area contributed by atoms with Gasteiger partial charge in [0.05, 0.1) is 10.6 Å². The second-order valence-corrected chi connectivity index (χ2v) is 7.11. The third-order valence-corrected chi connectivity index (χ3v) is 4.85. The molecule has 8 heteroatoms. The van der Waals surface area contributed by atoms with Gasteiger partial charge in [0.25, 0.3) is 17.7 Å². The van der Waals surface area contributed by atoms with Crippen LogP contribution in [0.5, 0.6) is 0 Å². The standard InChI is InChI=1S/C20H21Cl2N3O3/c1-3-12(2)17(23-18(26)13-7-5-4-6-8-13)20(28)25-24-19(27)15-11-14(21)9-10-16(15)22/h4-12,17H,3H2,1-2H3,(H,23,26)(H,24,27)(H,25,28)/t12-,17+/m0/s1. The Morgan fingerprint density at radius 3 is 2.29 bits per heavy atom. The third-order valence-electron chi connectivity index (χ3n) is 4.29. The zero-order chi connectivity index (χ0) is 20.7. The van der Waals surface area contributed by atoms with Crippen LogP contribution in [0.15, 0.2) is 48.5 Å². The Morgan fingerprint density at radius 2 is 1.64 bits per heavy atom. The summed E-state index contributed by atoms with van der Waals surface area (Å²) in [5, 5.41) is 3.26. The van der Waals surface area contributed by atoms with Gasteiger partial charge in [-0.3, -0.25) is 25.2 Å². The molecular weight excluding hydrogens is 401 g/mol. The van der Waals surface area contributed by atoms with Crippen LogP contribution in [0.1, 0.15) is 41.0 Å². The summed E-state index contributed by atoms with van der Waals surface area (Å²) in [6.07, 6.45) is 0.654. The van der Waals surface area contributed by atoms with Gasteiger partial charge in [-0.15, -0.1) is 0 Å². The molecule has 0 aromatic heterocycles. The second-order valence-electron chi connectivity index (χ2n) is 6.27. The number of halogens is 2. The summed E-state index contributed by atoms with van der Waals surface area (Å²) in [5.41, 5.74) is 5.22. The maximum absolute atomic E-state index is 12.6. The Kier molecular flexibility index (Phi) is 7.84. The molecule has 0 bridgehead atoms. The molecule has 2 aromatic carbocycles. The van der Waals surface area contributed by atoms with Gasteiger partial charge in [-0.25, -0.2) is 0 Å².